The Morgan fingerprint density at radius 1 is 0.969 bits per heavy atom. The lowest BCUT2D eigenvalue weighted by Crippen LogP contribution is -2.51. The van der Waals surface area contributed by atoms with E-state index in [4.69, 9.17) is 22.1 Å². The van der Waals surface area contributed by atoms with Gasteiger partial charge >= 0.3 is 6.09 Å². The maximum atomic E-state index is 13.2. The van der Waals surface area contributed by atoms with E-state index < -0.39 is 23.6 Å². The van der Waals surface area contributed by atoms with Gasteiger partial charge in [-0.2, -0.15) is 0 Å². The molecule has 0 bridgehead atoms. The van der Waals surface area contributed by atoms with E-state index in [1.807, 2.05) is 24.3 Å². The maximum absolute atomic E-state index is 13.2. The zero-order valence-corrected chi connectivity index (χ0v) is 19.0. The highest BCUT2D eigenvalue weighted by Crippen LogP contribution is 2.27. The van der Waals surface area contributed by atoms with E-state index in [0.717, 1.165) is 16.7 Å². The maximum Gasteiger partial charge on any atom is 0.415 e. The van der Waals surface area contributed by atoms with Crippen molar-refractivity contribution in [1.82, 2.24) is 4.98 Å². The zero-order valence-electron chi connectivity index (χ0n) is 18.3. The van der Waals surface area contributed by atoms with Gasteiger partial charge in [0.2, 0.25) is 5.91 Å². The third-order valence-electron chi connectivity index (χ3n) is 4.73. The molecule has 0 radical (unpaired) electrons. The van der Waals surface area contributed by atoms with Crippen molar-refractivity contribution in [2.75, 3.05) is 4.90 Å². The summed E-state index contributed by atoms with van der Waals surface area (Å²) in [5.74, 6) is -0.635. The van der Waals surface area contributed by atoms with Crippen molar-refractivity contribution in [3.05, 3.63) is 83.6 Å². The molecule has 1 atom stereocenters. The second-order valence-corrected chi connectivity index (χ2v) is 8.82. The monoisotopic (exact) mass is 451 g/mol. The fraction of sp³-hybridized carbons (Fsp3) is 0.240. The SMILES string of the molecule is CC(C)(C)OC(=O)N(c1ccc(-c2ccncc2)cc1)[C@H](Cc1ccc(Cl)cc1)C(N)=O. The van der Waals surface area contributed by atoms with Gasteiger partial charge in [0.1, 0.15) is 11.6 Å². The van der Waals surface area contributed by atoms with E-state index in [9.17, 15) is 9.59 Å². The van der Waals surface area contributed by atoms with Crippen LogP contribution in [0.1, 0.15) is 26.3 Å². The minimum absolute atomic E-state index is 0.220. The van der Waals surface area contributed by atoms with Crippen LogP contribution in [0.15, 0.2) is 73.1 Å². The number of pyridine rings is 1. The Kier molecular flexibility index (Phi) is 7.15. The molecule has 32 heavy (non-hydrogen) atoms. The van der Waals surface area contributed by atoms with E-state index in [1.54, 1.807) is 69.6 Å². The van der Waals surface area contributed by atoms with Crippen LogP contribution in [0.4, 0.5) is 10.5 Å². The normalized spacial score (nSPS) is 12.1. The molecule has 2 N–H and O–H groups in total. The van der Waals surface area contributed by atoms with Gasteiger partial charge in [-0.05, 0) is 73.9 Å². The highest BCUT2D eigenvalue weighted by Gasteiger charge is 2.33. The van der Waals surface area contributed by atoms with Crippen LogP contribution < -0.4 is 10.6 Å². The van der Waals surface area contributed by atoms with E-state index in [2.05, 4.69) is 4.98 Å². The average Bonchev–Trinajstić information content (AvgIpc) is 2.74. The molecule has 0 aliphatic heterocycles. The van der Waals surface area contributed by atoms with Gasteiger partial charge in [0.15, 0.2) is 0 Å². The van der Waals surface area contributed by atoms with Crippen molar-refractivity contribution in [2.45, 2.75) is 38.8 Å². The van der Waals surface area contributed by atoms with Gasteiger partial charge in [0.05, 0.1) is 0 Å². The number of carbonyl (C=O) groups excluding carboxylic acids is 2. The van der Waals surface area contributed by atoms with Gasteiger partial charge in [-0.25, -0.2) is 4.79 Å². The number of hydrogen-bond donors (Lipinski definition) is 1. The number of anilines is 1. The number of nitrogens with zero attached hydrogens (tertiary/aromatic N) is 2. The molecule has 7 heteroatoms. The number of aromatic nitrogens is 1. The molecule has 3 aromatic rings. The minimum atomic E-state index is -0.946. The fourth-order valence-electron chi connectivity index (χ4n) is 3.25. The lowest BCUT2D eigenvalue weighted by atomic mass is 10.0. The number of halogens is 1. The summed E-state index contributed by atoms with van der Waals surface area (Å²) in [5.41, 5.74) is 8.28. The molecule has 0 aliphatic rings. The molecule has 3 rings (SSSR count). The second-order valence-electron chi connectivity index (χ2n) is 8.38. The van der Waals surface area contributed by atoms with Crippen LogP contribution in [0, 0.1) is 0 Å². The van der Waals surface area contributed by atoms with Crippen LogP contribution in [-0.4, -0.2) is 28.6 Å². The van der Waals surface area contributed by atoms with Crippen molar-refractivity contribution >= 4 is 29.3 Å². The van der Waals surface area contributed by atoms with Crippen LogP contribution >= 0.6 is 11.6 Å². The predicted molar refractivity (Wildman–Crippen MR) is 127 cm³/mol. The largest absolute Gasteiger partial charge is 0.443 e. The molecule has 1 heterocycles. The third-order valence-corrected chi connectivity index (χ3v) is 4.98. The molecule has 0 aliphatic carbocycles. The molecule has 0 fully saturated rings. The first-order valence-corrected chi connectivity index (χ1v) is 10.6. The summed E-state index contributed by atoms with van der Waals surface area (Å²) >= 11 is 5.98. The predicted octanol–water partition coefficient (Wildman–Crippen LogP) is 5.24. The highest BCUT2D eigenvalue weighted by atomic mass is 35.5. The van der Waals surface area contributed by atoms with Crippen molar-refractivity contribution < 1.29 is 14.3 Å². The Morgan fingerprint density at radius 3 is 2.06 bits per heavy atom. The van der Waals surface area contributed by atoms with E-state index in [0.29, 0.717) is 10.7 Å². The molecule has 166 valence electrons. The van der Waals surface area contributed by atoms with Gasteiger partial charge in [-0.3, -0.25) is 14.7 Å². The zero-order chi connectivity index (χ0) is 23.3. The van der Waals surface area contributed by atoms with Crippen molar-refractivity contribution in [3.8, 4) is 11.1 Å². The summed E-state index contributed by atoms with van der Waals surface area (Å²) in [6, 6.07) is 17.2. The van der Waals surface area contributed by atoms with Gasteiger partial charge in [0, 0.05) is 29.5 Å². The van der Waals surface area contributed by atoms with Crippen LogP contribution in [0.2, 0.25) is 5.02 Å². The summed E-state index contributed by atoms with van der Waals surface area (Å²) in [5, 5.41) is 0.583. The Labute approximate surface area is 193 Å². The first kappa shape index (κ1) is 23.3. The molecule has 1 aromatic heterocycles. The Morgan fingerprint density at radius 2 is 1.53 bits per heavy atom. The van der Waals surface area contributed by atoms with Crippen LogP contribution in [0.3, 0.4) is 0 Å². The van der Waals surface area contributed by atoms with E-state index >= 15 is 0 Å². The number of rotatable bonds is 6. The number of hydrogen-bond acceptors (Lipinski definition) is 4. The van der Waals surface area contributed by atoms with Crippen molar-refractivity contribution in [2.24, 2.45) is 5.73 Å². The van der Waals surface area contributed by atoms with Crippen molar-refractivity contribution in [3.63, 3.8) is 0 Å². The second kappa shape index (κ2) is 9.83. The molecule has 0 spiro atoms. The summed E-state index contributed by atoms with van der Waals surface area (Å²) < 4.78 is 5.61. The summed E-state index contributed by atoms with van der Waals surface area (Å²) in [4.78, 5) is 31.0. The van der Waals surface area contributed by atoms with Gasteiger partial charge in [-0.1, -0.05) is 35.9 Å². The molecule has 2 amide bonds. The Bertz CT molecular complexity index is 1060. The standard InChI is InChI=1S/C25H26ClN3O3/c1-25(2,3)32-24(31)29(22(23(27)30)16-17-4-8-20(26)9-5-17)21-10-6-18(7-11-21)19-12-14-28-15-13-19/h4-15,22H,16H2,1-3H3,(H2,27,30)/t22-/m1/s1. The van der Waals surface area contributed by atoms with E-state index in [-0.39, 0.29) is 6.42 Å². The summed E-state index contributed by atoms with van der Waals surface area (Å²) in [6.45, 7) is 5.32. The molecule has 6 nitrogen and oxygen atoms in total. The fourth-order valence-corrected chi connectivity index (χ4v) is 3.37. The van der Waals surface area contributed by atoms with Gasteiger partial charge in [0.25, 0.3) is 0 Å². The Hall–Kier alpha value is -3.38. The smallest absolute Gasteiger partial charge is 0.415 e. The summed E-state index contributed by atoms with van der Waals surface area (Å²) in [6.07, 6.45) is 3.00. The number of carbonyl (C=O) groups is 2. The Balaban J connectivity index is 1.98. The van der Waals surface area contributed by atoms with E-state index in [1.165, 1.54) is 4.90 Å². The van der Waals surface area contributed by atoms with Gasteiger partial charge < -0.3 is 10.5 Å². The lowest BCUT2D eigenvalue weighted by Gasteiger charge is -2.32. The topological polar surface area (TPSA) is 85.5 Å². The molecule has 0 saturated heterocycles. The molecule has 0 unspecified atom stereocenters. The van der Waals surface area contributed by atoms with Crippen LogP contribution in [-0.2, 0) is 16.0 Å². The van der Waals surface area contributed by atoms with Crippen molar-refractivity contribution in [1.29, 1.82) is 0 Å². The number of amides is 2. The first-order valence-electron chi connectivity index (χ1n) is 10.2. The highest BCUT2D eigenvalue weighted by molar-refractivity contribution is 6.30. The number of primary amides is 1. The van der Waals surface area contributed by atoms with Crippen LogP contribution in [0.25, 0.3) is 11.1 Å². The lowest BCUT2D eigenvalue weighted by molar-refractivity contribution is -0.119. The van der Waals surface area contributed by atoms with Crippen LogP contribution in [0.5, 0.6) is 0 Å². The summed E-state index contributed by atoms with van der Waals surface area (Å²) in [7, 11) is 0. The molecule has 2 aromatic carbocycles. The molecular weight excluding hydrogens is 426 g/mol. The average molecular weight is 452 g/mol. The molecular formula is C25H26ClN3O3. The first-order chi connectivity index (χ1) is 15.1. The quantitative estimate of drug-likeness (QED) is 0.555. The minimum Gasteiger partial charge on any atom is -0.443 e. The third kappa shape index (κ3) is 6.08. The number of nitrogens with two attached hydrogens (primary N) is 1. The molecule has 0 saturated carbocycles. The number of ether oxygens (including phenoxy) is 1. The van der Waals surface area contributed by atoms with Gasteiger partial charge in [-0.15, -0.1) is 0 Å². The number of benzene rings is 2.